The van der Waals surface area contributed by atoms with E-state index in [2.05, 4.69) is 30.7 Å². The molecule has 0 aliphatic rings. The van der Waals surface area contributed by atoms with E-state index in [1.165, 1.54) is 0 Å². The van der Waals surface area contributed by atoms with Crippen LogP contribution in [-0.2, 0) is 0 Å². The highest BCUT2D eigenvalue weighted by atomic mass is 15.1. The molecule has 0 aliphatic carbocycles. The lowest BCUT2D eigenvalue weighted by Crippen LogP contribution is -1.88. The van der Waals surface area contributed by atoms with Crippen LogP contribution >= 0.6 is 0 Å². The number of nitrogens with zero attached hydrogens (tertiary/aromatic N) is 2. The van der Waals surface area contributed by atoms with Crippen LogP contribution in [0.25, 0.3) is 0 Å². The Hall–Kier alpha value is -0.920. The first-order valence-electron chi connectivity index (χ1n) is 3.91. The maximum absolute atomic E-state index is 3.94. The number of hydrogen-bond acceptors (Lipinski definition) is 2. The van der Waals surface area contributed by atoms with Gasteiger partial charge in [0.05, 0.1) is 6.54 Å². The number of rotatable bonds is 5. The molecule has 0 atom stereocenters. The summed E-state index contributed by atoms with van der Waals surface area (Å²) < 4.78 is 0. The lowest BCUT2D eigenvalue weighted by molar-refractivity contribution is 0.589. The third kappa shape index (κ3) is 9.08. The molecule has 0 aromatic carbocycles. The largest absolute Gasteiger partial charge is 0.189 e. The first kappa shape index (κ1) is 10.1. The van der Waals surface area contributed by atoms with Gasteiger partial charge >= 0.3 is 0 Å². The van der Waals surface area contributed by atoms with Crippen molar-refractivity contribution >= 4 is 0 Å². The van der Waals surface area contributed by atoms with Crippen LogP contribution in [0.5, 0.6) is 0 Å². The monoisotopic (exact) mass is 152 g/mol. The standard InChI is InChI=1S/C9H16N2/c1-4-5-7-10-11-8-6-9(2)3/h4-5,7,9H,1,6,8H2,2-3H3/b7-5-,11-10-. The van der Waals surface area contributed by atoms with E-state index < -0.39 is 0 Å². The van der Waals surface area contributed by atoms with E-state index in [-0.39, 0.29) is 0 Å². The summed E-state index contributed by atoms with van der Waals surface area (Å²) in [7, 11) is 0. The number of azo groups is 1. The first-order valence-corrected chi connectivity index (χ1v) is 3.91. The molecule has 0 fully saturated rings. The van der Waals surface area contributed by atoms with Gasteiger partial charge in [0.2, 0.25) is 0 Å². The van der Waals surface area contributed by atoms with Crippen LogP contribution in [0.3, 0.4) is 0 Å². The second-order valence-electron chi connectivity index (χ2n) is 2.74. The van der Waals surface area contributed by atoms with Crippen LogP contribution in [0.2, 0.25) is 0 Å². The maximum atomic E-state index is 3.94. The SMILES string of the molecule is C=C/C=C\N=N/CCC(C)C. The van der Waals surface area contributed by atoms with Crippen molar-refractivity contribution in [1.29, 1.82) is 0 Å². The minimum Gasteiger partial charge on any atom is -0.189 e. The Kier molecular flexibility index (Phi) is 6.59. The van der Waals surface area contributed by atoms with Crippen LogP contribution < -0.4 is 0 Å². The lowest BCUT2D eigenvalue weighted by Gasteiger charge is -1.96. The maximum Gasteiger partial charge on any atom is 0.0605 e. The summed E-state index contributed by atoms with van der Waals surface area (Å²) in [6.07, 6.45) is 6.19. The first-order chi connectivity index (χ1) is 5.27. The molecule has 0 amide bonds. The van der Waals surface area contributed by atoms with Gasteiger partial charge in [0, 0.05) is 6.20 Å². The Labute approximate surface area is 68.7 Å². The number of hydrogen-bond donors (Lipinski definition) is 0. The van der Waals surface area contributed by atoms with Crippen molar-refractivity contribution in [3.63, 3.8) is 0 Å². The molecule has 0 radical (unpaired) electrons. The molecule has 0 N–H and O–H groups in total. The summed E-state index contributed by atoms with van der Waals surface area (Å²) in [5.74, 6) is 0.706. The summed E-state index contributed by atoms with van der Waals surface area (Å²) >= 11 is 0. The van der Waals surface area contributed by atoms with Crippen LogP contribution in [-0.4, -0.2) is 6.54 Å². The molecule has 0 aromatic heterocycles. The summed E-state index contributed by atoms with van der Waals surface area (Å²) in [6.45, 7) is 8.69. The smallest absolute Gasteiger partial charge is 0.0605 e. The third-order valence-corrected chi connectivity index (χ3v) is 1.18. The Morgan fingerprint density at radius 2 is 2.18 bits per heavy atom. The highest BCUT2D eigenvalue weighted by molar-refractivity contribution is 4.95. The van der Waals surface area contributed by atoms with Gasteiger partial charge in [-0.25, -0.2) is 0 Å². The molecule has 0 heterocycles. The molecule has 11 heavy (non-hydrogen) atoms. The highest BCUT2D eigenvalue weighted by Gasteiger charge is 1.89. The average Bonchev–Trinajstić information content (AvgIpc) is 1.96. The summed E-state index contributed by atoms with van der Waals surface area (Å²) in [5, 5.41) is 7.75. The minimum atomic E-state index is 0.706. The molecular formula is C9H16N2. The van der Waals surface area contributed by atoms with Gasteiger partial charge in [-0.3, -0.25) is 0 Å². The van der Waals surface area contributed by atoms with Crippen LogP contribution in [0.15, 0.2) is 35.2 Å². The molecule has 0 saturated heterocycles. The molecule has 0 rings (SSSR count). The van der Waals surface area contributed by atoms with E-state index in [0.717, 1.165) is 13.0 Å². The van der Waals surface area contributed by atoms with Crippen molar-refractivity contribution in [2.45, 2.75) is 20.3 Å². The Morgan fingerprint density at radius 1 is 1.45 bits per heavy atom. The van der Waals surface area contributed by atoms with Crippen molar-refractivity contribution < 1.29 is 0 Å². The number of allylic oxidation sites excluding steroid dienone is 2. The summed E-state index contributed by atoms with van der Waals surface area (Å²) in [4.78, 5) is 0. The van der Waals surface area contributed by atoms with Gasteiger partial charge in [-0.1, -0.05) is 26.5 Å². The van der Waals surface area contributed by atoms with Gasteiger partial charge in [-0.05, 0) is 18.4 Å². The quantitative estimate of drug-likeness (QED) is 0.427. The second kappa shape index (κ2) is 7.19. The normalized spacial score (nSPS) is 11.9. The van der Waals surface area contributed by atoms with Crippen molar-refractivity contribution in [3.05, 3.63) is 24.9 Å². The molecular weight excluding hydrogens is 136 g/mol. The molecule has 62 valence electrons. The molecule has 0 aliphatic heterocycles. The van der Waals surface area contributed by atoms with Crippen molar-refractivity contribution in [3.8, 4) is 0 Å². The molecule has 0 unspecified atom stereocenters. The van der Waals surface area contributed by atoms with Crippen molar-refractivity contribution in [1.82, 2.24) is 0 Å². The fourth-order valence-corrected chi connectivity index (χ4v) is 0.520. The third-order valence-electron chi connectivity index (χ3n) is 1.18. The van der Waals surface area contributed by atoms with E-state index in [9.17, 15) is 0 Å². The van der Waals surface area contributed by atoms with Gasteiger partial charge in [0.15, 0.2) is 0 Å². The van der Waals surface area contributed by atoms with Gasteiger partial charge < -0.3 is 0 Å². The van der Waals surface area contributed by atoms with Gasteiger partial charge in [-0.15, -0.1) is 0 Å². The van der Waals surface area contributed by atoms with E-state index in [0.29, 0.717) is 5.92 Å². The molecule has 2 heteroatoms. The van der Waals surface area contributed by atoms with Gasteiger partial charge in [0.1, 0.15) is 0 Å². The molecule has 0 saturated carbocycles. The molecule has 0 bridgehead atoms. The molecule has 2 nitrogen and oxygen atoms in total. The minimum absolute atomic E-state index is 0.706. The summed E-state index contributed by atoms with van der Waals surface area (Å²) in [5.41, 5.74) is 0. The molecule has 0 spiro atoms. The zero-order valence-corrected chi connectivity index (χ0v) is 7.33. The van der Waals surface area contributed by atoms with E-state index in [1.807, 2.05) is 0 Å². The fraction of sp³-hybridized carbons (Fsp3) is 0.556. The van der Waals surface area contributed by atoms with Crippen molar-refractivity contribution in [2.75, 3.05) is 6.54 Å². The predicted octanol–water partition coefficient (Wildman–Crippen LogP) is 3.18. The average molecular weight is 152 g/mol. The zero-order valence-electron chi connectivity index (χ0n) is 7.33. The summed E-state index contributed by atoms with van der Waals surface area (Å²) in [6, 6.07) is 0. The van der Waals surface area contributed by atoms with E-state index in [4.69, 9.17) is 0 Å². The van der Waals surface area contributed by atoms with Crippen LogP contribution in [0.1, 0.15) is 20.3 Å². The fourth-order valence-electron chi connectivity index (χ4n) is 0.520. The van der Waals surface area contributed by atoms with Crippen molar-refractivity contribution in [2.24, 2.45) is 16.1 Å². The second-order valence-corrected chi connectivity index (χ2v) is 2.74. The predicted molar refractivity (Wildman–Crippen MR) is 48.5 cm³/mol. The van der Waals surface area contributed by atoms with E-state index >= 15 is 0 Å². The Balaban J connectivity index is 3.30. The van der Waals surface area contributed by atoms with Gasteiger partial charge in [0.25, 0.3) is 0 Å². The molecule has 0 aromatic rings. The van der Waals surface area contributed by atoms with Gasteiger partial charge in [-0.2, -0.15) is 10.2 Å². The topological polar surface area (TPSA) is 24.7 Å². The Bertz CT molecular complexity index is 146. The highest BCUT2D eigenvalue weighted by Crippen LogP contribution is 1.98. The zero-order chi connectivity index (χ0) is 8.53. The van der Waals surface area contributed by atoms with Crippen LogP contribution in [0.4, 0.5) is 0 Å². The van der Waals surface area contributed by atoms with Crippen LogP contribution in [0, 0.1) is 5.92 Å². The lowest BCUT2D eigenvalue weighted by atomic mass is 10.1. The van der Waals surface area contributed by atoms with E-state index in [1.54, 1.807) is 18.4 Å². The Morgan fingerprint density at radius 3 is 2.73 bits per heavy atom.